The average molecular weight is 497 g/mol. The van der Waals surface area contributed by atoms with Crippen molar-refractivity contribution < 1.29 is 4.42 Å². The zero-order chi connectivity index (χ0) is 25.2. The van der Waals surface area contributed by atoms with Gasteiger partial charge in [-0.2, -0.15) is 0 Å². The maximum absolute atomic E-state index is 6.47. The summed E-state index contributed by atoms with van der Waals surface area (Å²) in [4.78, 5) is 0. The standard InChI is InChI=1S/C36H20N2O/c1-2-10-21(11-3-1)37-28-15-7-4-12-22(28)25-18-27-31(20-30(25)37)38-29-16-8-5-13-23(29)26-19-33-34(35(27)36(26)38)24-14-6-9-17-32(24)39-33/h1-20H. The first-order chi connectivity index (χ1) is 19.4. The monoisotopic (exact) mass is 496 g/mol. The van der Waals surface area contributed by atoms with Gasteiger partial charge in [0, 0.05) is 48.8 Å². The number of benzene rings is 6. The van der Waals surface area contributed by atoms with Crippen LogP contribution in [0.3, 0.4) is 0 Å². The van der Waals surface area contributed by atoms with E-state index in [0.29, 0.717) is 0 Å². The lowest BCUT2D eigenvalue weighted by Crippen LogP contribution is -1.93. The molecule has 0 unspecified atom stereocenters. The molecule has 0 aliphatic heterocycles. The fraction of sp³-hybridized carbons (Fsp3) is 0. The van der Waals surface area contributed by atoms with Crippen LogP contribution in [0.4, 0.5) is 0 Å². The van der Waals surface area contributed by atoms with Crippen LogP contribution in [-0.4, -0.2) is 8.97 Å². The van der Waals surface area contributed by atoms with Crippen LogP contribution in [0.1, 0.15) is 0 Å². The lowest BCUT2D eigenvalue weighted by Gasteiger charge is -2.07. The second-order valence-electron chi connectivity index (χ2n) is 10.5. The first-order valence-electron chi connectivity index (χ1n) is 13.4. The molecule has 0 amide bonds. The van der Waals surface area contributed by atoms with Crippen LogP contribution in [0.15, 0.2) is 126 Å². The largest absolute Gasteiger partial charge is 0.456 e. The fourth-order valence-electron chi connectivity index (χ4n) is 7.09. The van der Waals surface area contributed by atoms with E-state index >= 15 is 0 Å². The Bertz CT molecular complexity index is 2600. The van der Waals surface area contributed by atoms with E-state index in [-0.39, 0.29) is 0 Å². The SMILES string of the molecule is c1ccc(-n2c3ccccc3c3cc4c5c6c(cc7c8ccccc8n(c4cc32)c75)oc2ccccc26)cc1. The van der Waals surface area contributed by atoms with Gasteiger partial charge < -0.3 is 13.4 Å². The van der Waals surface area contributed by atoms with Crippen molar-refractivity contribution in [2.45, 2.75) is 0 Å². The van der Waals surface area contributed by atoms with Crippen molar-refractivity contribution in [2.75, 3.05) is 0 Å². The Morgan fingerprint density at radius 2 is 1.10 bits per heavy atom. The average Bonchev–Trinajstić information content (AvgIpc) is 3.71. The highest BCUT2D eigenvalue weighted by Gasteiger charge is 2.24. The summed E-state index contributed by atoms with van der Waals surface area (Å²) in [6, 6.07) is 43.7. The molecule has 0 N–H and O–H groups in total. The summed E-state index contributed by atoms with van der Waals surface area (Å²) in [5, 5.41) is 9.93. The fourth-order valence-corrected chi connectivity index (χ4v) is 7.09. The predicted molar refractivity (Wildman–Crippen MR) is 163 cm³/mol. The van der Waals surface area contributed by atoms with Gasteiger partial charge in [-0.3, -0.25) is 0 Å². The number of para-hydroxylation sites is 4. The van der Waals surface area contributed by atoms with Gasteiger partial charge in [-0.1, -0.05) is 72.8 Å². The summed E-state index contributed by atoms with van der Waals surface area (Å²) in [6.45, 7) is 0. The summed E-state index contributed by atoms with van der Waals surface area (Å²) in [5.74, 6) is 0. The highest BCUT2D eigenvalue weighted by atomic mass is 16.3. The predicted octanol–water partition coefficient (Wildman–Crippen LogP) is 9.83. The first kappa shape index (κ1) is 19.8. The van der Waals surface area contributed by atoms with Gasteiger partial charge in [0.25, 0.3) is 0 Å². The van der Waals surface area contributed by atoms with Crippen LogP contribution in [0.5, 0.6) is 0 Å². The van der Waals surface area contributed by atoms with Crippen LogP contribution >= 0.6 is 0 Å². The Morgan fingerprint density at radius 3 is 1.95 bits per heavy atom. The van der Waals surface area contributed by atoms with E-state index in [2.05, 4.69) is 130 Å². The molecule has 0 saturated heterocycles. The molecule has 0 spiro atoms. The van der Waals surface area contributed by atoms with Crippen LogP contribution in [-0.2, 0) is 0 Å². The van der Waals surface area contributed by atoms with Crippen molar-refractivity contribution in [2.24, 2.45) is 0 Å². The van der Waals surface area contributed by atoms with E-state index in [4.69, 9.17) is 4.42 Å². The van der Waals surface area contributed by atoms with E-state index in [1.807, 2.05) is 0 Å². The summed E-state index contributed by atoms with van der Waals surface area (Å²) >= 11 is 0. The van der Waals surface area contributed by atoms with E-state index in [0.717, 1.165) is 11.2 Å². The Balaban J connectivity index is 1.53. The molecule has 10 rings (SSSR count). The molecule has 0 radical (unpaired) electrons. The lowest BCUT2D eigenvalue weighted by molar-refractivity contribution is 0.669. The zero-order valence-electron chi connectivity index (χ0n) is 20.8. The molecule has 0 saturated carbocycles. The summed E-state index contributed by atoms with van der Waals surface area (Å²) in [6.07, 6.45) is 0. The van der Waals surface area contributed by atoms with Gasteiger partial charge >= 0.3 is 0 Å². The number of nitrogens with zero attached hydrogens (tertiary/aromatic N) is 2. The molecular formula is C36H20N2O. The molecule has 4 aromatic heterocycles. The highest BCUT2D eigenvalue weighted by molar-refractivity contribution is 6.36. The minimum absolute atomic E-state index is 0.933. The third kappa shape index (κ3) is 2.31. The maximum atomic E-state index is 6.47. The van der Waals surface area contributed by atoms with E-state index in [1.54, 1.807) is 0 Å². The Labute approximate surface area is 222 Å². The highest BCUT2D eigenvalue weighted by Crippen LogP contribution is 2.47. The number of fused-ring (bicyclic) bond motifs is 13. The van der Waals surface area contributed by atoms with Gasteiger partial charge in [0.15, 0.2) is 0 Å². The van der Waals surface area contributed by atoms with Gasteiger partial charge in [-0.15, -0.1) is 0 Å². The van der Waals surface area contributed by atoms with E-state index < -0.39 is 0 Å². The van der Waals surface area contributed by atoms with Crippen LogP contribution < -0.4 is 0 Å². The summed E-state index contributed by atoms with van der Waals surface area (Å²) < 4.78 is 11.3. The number of aromatic nitrogens is 2. The van der Waals surface area contributed by atoms with Crippen molar-refractivity contribution in [3.63, 3.8) is 0 Å². The van der Waals surface area contributed by atoms with Crippen molar-refractivity contribution in [1.29, 1.82) is 0 Å². The van der Waals surface area contributed by atoms with Crippen LogP contribution in [0, 0.1) is 0 Å². The molecular weight excluding hydrogens is 476 g/mol. The molecule has 0 bridgehead atoms. The number of hydrogen-bond acceptors (Lipinski definition) is 1. The third-order valence-corrected chi connectivity index (χ3v) is 8.61. The Kier molecular flexibility index (Phi) is 3.44. The van der Waals surface area contributed by atoms with Crippen molar-refractivity contribution >= 4 is 81.8 Å². The van der Waals surface area contributed by atoms with Gasteiger partial charge in [-0.05, 0) is 48.5 Å². The Hall–Kier alpha value is -5.28. The molecule has 3 heteroatoms. The summed E-state index contributed by atoms with van der Waals surface area (Å²) in [5.41, 5.74) is 9.21. The molecule has 0 atom stereocenters. The van der Waals surface area contributed by atoms with E-state index in [9.17, 15) is 0 Å². The molecule has 0 aliphatic carbocycles. The topological polar surface area (TPSA) is 22.5 Å². The normalized spacial score (nSPS) is 12.6. The molecule has 0 fully saturated rings. The van der Waals surface area contributed by atoms with Crippen LogP contribution in [0.2, 0.25) is 0 Å². The molecule has 4 heterocycles. The minimum atomic E-state index is 0.933. The smallest absolute Gasteiger partial charge is 0.136 e. The van der Waals surface area contributed by atoms with Crippen LogP contribution in [0.25, 0.3) is 87.5 Å². The second-order valence-corrected chi connectivity index (χ2v) is 10.5. The Morgan fingerprint density at radius 1 is 0.410 bits per heavy atom. The number of hydrogen-bond donors (Lipinski definition) is 0. The minimum Gasteiger partial charge on any atom is -0.456 e. The second kappa shape index (κ2) is 6.77. The number of furan rings is 1. The molecule has 10 aromatic rings. The lowest BCUT2D eigenvalue weighted by atomic mass is 10.0. The molecule has 180 valence electrons. The third-order valence-electron chi connectivity index (χ3n) is 8.61. The summed E-state index contributed by atoms with van der Waals surface area (Å²) in [7, 11) is 0. The van der Waals surface area contributed by atoms with E-state index in [1.165, 1.54) is 76.4 Å². The molecule has 39 heavy (non-hydrogen) atoms. The van der Waals surface area contributed by atoms with Gasteiger partial charge in [0.1, 0.15) is 11.2 Å². The van der Waals surface area contributed by atoms with Crippen molar-refractivity contribution in [3.8, 4) is 5.69 Å². The first-order valence-corrected chi connectivity index (χ1v) is 13.4. The number of rotatable bonds is 1. The van der Waals surface area contributed by atoms with Gasteiger partial charge in [0.05, 0.1) is 27.6 Å². The molecule has 6 aromatic carbocycles. The van der Waals surface area contributed by atoms with Gasteiger partial charge in [0.2, 0.25) is 0 Å². The quantitative estimate of drug-likeness (QED) is 0.222. The maximum Gasteiger partial charge on any atom is 0.136 e. The van der Waals surface area contributed by atoms with Crippen molar-refractivity contribution in [3.05, 3.63) is 121 Å². The molecule has 0 aliphatic rings. The van der Waals surface area contributed by atoms with Crippen molar-refractivity contribution in [1.82, 2.24) is 8.97 Å². The zero-order valence-corrected chi connectivity index (χ0v) is 20.8. The van der Waals surface area contributed by atoms with Gasteiger partial charge in [-0.25, -0.2) is 0 Å². The molecule has 3 nitrogen and oxygen atoms in total.